The highest BCUT2D eigenvalue weighted by atomic mass is 35.5. The van der Waals surface area contributed by atoms with Crippen molar-refractivity contribution in [1.82, 2.24) is 19.7 Å². The second-order valence-corrected chi connectivity index (χ2v) is 7.44. The van der Waals surface area contributed by atoms with E-state index in [-0.39, 0.29) is 17.4 Å². The molecule has 0 fully saturated rings. The molecule has 0 saturated heterocycles. The standard InChI is InChI=1S/C17H24ClN5O/c1-12(17(2,3)4)22(5)9-16(24)21-14-8-13(18)6-7-15(14)23-11-19-10-20-23/h6-8,10-12H,9H2,1-5H3,(H,21,24). The minimum absolute atomic E-state index is 0.0942. The Morgan fingerprint density at radius 1 is 1.42 bits per heavy atom. The highest BCUT2D eigenvalue weighted by Crippen LogP contribution is 2.25. The topological polar surface area (TPSA) is 63.1 Å². The van der Waals surface area contributed by atoms with Gasteiger partial charge in [-0.1, -0.05) is 32.4 Å². The molecule has 1 amide bonds. The lowest BCUT2D eigenvalue weighted by Gasteiger charge is -2.34. The summed E-state index contributed by atoms with van der Waals surface area (Å²) in [7, 11) is 1.95. The average molecular weight is 350 g/mol. The van der Waals surface area contributed by atoms with Crippen LogP contribution in [0.5, 0.6) is 0 Å². The molecule has 1 N–H and O–H groups in total. The van der Waals surface area contributed by atoms with E-state index in [1.54, 1.807) is 29.2 Å². The van der Waals surface area contributed by atoms with Crippen molar-refractivity contribution in [1.29, 1.82) is 0 Å². The van der Waals surface area contributed by atoms with Gasteiger partial charge in [-0.25, -0.2) is 9.67 Å². The molecule has 0 spiro atoms. The maximum Gasteiger partial charge on any atom is 0.238 e. The van der Waals surface area contributed by atoms with Crippen LogP contribution in [0.25, 0.3) is 5.69 Å². The Bertz CT molecular complexity index is 694. The van der Waals surface area contributed by atoms with Gasteiger partial charge in [0.2, 0.25) is 5.91 Å². The average Bonchev–Trinajstić information content (AvgIpc) is 2.99. The Hall–Kier alpha value is -1.92. The van der Waals surface area contributed by atoms with Crippen LogP contribution in [0.1, 0.15) is 27.7 Å². The van der Waals surface area contributed by atoms with Gasteiger partial charge in [-0.15, -0.1) is 0 Å². The van der Waals surface area contributed by atoms with Gasteiger partial charge in [0, 0.05) is 11.1 Å². The van der Waals surface area contributed by atoms with Crippen molar-refractivity contribution in [3.05, 3.63) is 35.9 Å². The third kappa shape index (κ3) is 4.55. The van der Waals surface area contributed by atoms with Gasteiger partial charge in [-0.3, -0.25) is 9.69 Å². The van der Waals surface area contributed by atoms with Crippen molar-refractivity contribution in [3.63, 3.8) is 0 Å². The van der Waals surface area contributed by atoms with E-state index >= 15 is 0 Å². The number of aromatic nitrogens is 3. The van der Waals surface area contributed by atoms with Crippen LogP contribution in [-0.4, -0.2) is 45.2 Å². The predicted molar refractivity (Wildman–Crippen MR) is 96.5 cm³/mol. The summed E-state index contributed by atoms with van der Waals surface area (Å²) >= 11 is 6.07. The zero-order valence-corrected chi connectivity index (χ0v) is 15.5. The molecule has 0 aliphatic rings. The lowest BCUT2D eigenvalue weighted by Crippen LogP contribution is -2.43. The largest absolute Gasteiger partial charge is 0.323 e. The number of nitrogens with one attached hydrogen (secondary N) is 1. The number of carbonyl (C=O) groups excluding carboxylic acids is 1. The molecule has 1 unspecified atom stereocenters. The number of rotatable bonds is 5. The first kappa shape index (κ1) is 18.4. The summed E-state index contributed by atoms with van der Waals surface area (Å²) in [5, 5.41) is 7.58. The minimum atomic E-state index is -0.0998. The smallest absolute Gasteiger partial charge is 0.238 e. The molecule has 0 bridgehead atoms. The van der Waals surface area contributed by atoms with Gasteiger partial charge in [0.05, 0.1) is 17.9 Å². The summed E-state index contributed by atoms with van der Waals surface area (Å²) in [6.07, 6.45) is 3.02. The SMILES string of the molecule is CC(N(C)CC(=O)Nc1cc(Cl)ccc1-n1cncn1)C(C)(C)C. The summed E-state index contributed by atoms with van der Waals surface area (Å²) in [4.78, 5) is 18.4. The third-order valence-electron chi connectivity index (χ3n) is 4.21. The molecular weight excluding hydrogens is 326 g/mol. The van der Waals surface area contributed by atoms with E-state index in [2.05, 4.69) is 43.1 Å². The maximum atomic E-state index is 12.4. The molecule has 0 aliphatic heterocycles. The Labute approximate surface area is 147 Å². The number of hydrogen-bond acceptors (Lipinski definition) is 4. The van der Waals surface area contributed by atoms with Crippen LogP contribution in [0.2, 0.25) is 5.02 Å². The van der Waals surface area contributed by atoms with Gasteiger partial charge in [0.15, 0.2) is 0 Å². The number of benzene rings is 1. The first-order valence-electron chi connectivity index (χ1n) is 7.83. The summed E-state index contributed by atoms with van der Waals surface area (Å²) in [6.45, 7) is 8.89. The van der Waals surface area contributed by atoms with Gasteiger partial charge in [-0.05, 0) is 37.6 Å². The quantitative estimate of drug-likeness (QED) is 0.900. The normalized spacial score (nSPS) is 13.1. The van der Waals surface area contributed by atoms with Crippen LogP contribution in [-0.2, 0) is 4.79 Å². The van der Waals surface area contributed by atoms with E-state index < -0.39 is 0 Å². The monoisotopic (exact) mass is 349 g/mol. The highest BCUT2D eigenvalue weighted by molar-refractivity contribution is 6.31. The molecule has 1 aromatic carbocycles. The fourth-order valence-electron chi connectivity index (χ4n) is 2.36. The van der Waals surface area contributed by atoms with Crippen LogP contribution >= 0.6 is 11.6 Å². The van der Waals surface area contributed by atoms with Gasteiger partial charge < -0.3 is 5.32 Å². The Morgan fingerprint density at radius 2 is 2.12 bits per heavy atom. The van der Waals surface area contributed by atoms with Crippen molar-refractivity contribution in [2.75, 3.05) is 18.9 Å². The van der Waals surface area contributed by atoms with Crippen LogP contribution in [0.4, 0.5) is 5.69 Å². The van der Waals surface area contributed by atoms with E-state index in [1.807, 2.05) is 11.9 Å². The predicted octanol–water partition coefficient (Wildman–Crippen LogP) is 3.23. The van der Waals surface area contributed by atoms with Crippen molar-refractivity contribution in [3.8, 4) is 5.69 Å². The van der Waals surface area contributed by atoms with Crippen LogP contribution in [0, 0.1) is 5.41 Å². The summed E-state index contributed by atoms with van der Waals surface area (Å²) in [6, 6.07) is 5.53. The van der Waals surface area contributed by atoms with Crippen molar-refractivity contribution in [2.24, 2.45) is 5.41 Å². The molecule has 1 atom stereocenters. The molecule has 2 aromatic rings. The van der Waals surface area contributed by atoms with Crippen LogP contribution < -0.4 is 5.32 Å². The Balaban J connectivity index is 2.13. The molecular formula is C17H24ClN5O. The number of likely N-dealkylation sites (N-methyl/N-ethyl adjacent to an activating group) is 1. The highest BCUT2D eigenvalue weighted by Gasteiger charge is 2.25. The fourth-order valence-corrected chi connectivity index (χ4v) is 2.53. The van der Waals surface area contributed by atoms with Crippen LogP contribution in [0.15, 0.2) is 30.9 Å². The minimum Gasteiger partial charge on any atom is -0.323 e. The fraction of sp³-hybridized carbons (Fsp3) is 0.471. The zero-order valence-electron chi connectivity index (χ0n) is 14.7. The molecule has 1 heterocycles. The molecule has 2 rings (SSSR count). The van der Waals surface area contributed by atoms with Gasteiger partial charge in [-0.2, -0.15) is 5.10 Å². The molecule has 1 aromatic heterocycles. The molecule has 0 saturated carbocycles. The first-order chi connectivity index (χ1) is 11.2. The van der Waals surface area contributed by atoms with E-state index in [0.717, 1.165) is 5.69 Å². The van der Waals surface area contributed by atoms with Gasteiger partial charge >= 0.3 is 0 Å². The van der Waals surface area contributed by atoms with Crippen LogP contribution in [0.3, 0.4) is 0 Å². The van der Waals surface area contributed by atoms with Crippen molar-refractivity contribution in [2.45, 2.75) is 33.7 Å². The maximum absolute atomic E-state index is 12.4. The second kappa shape index (κ2) is 7.32. The summed E-state index contributed by atoms with van der Waals surface area (Å²) in [5.41, 5.74) is 1.42. The number of nitrogens with zero attached hydrogens (tertiary/aromatic N) is 4. The zero-order chi connectivity index (χ0) is 17.9. The van der Waals surface area contributed by atoms with E-state index in [0.29, 0.717) is 17.3 Å². The van der Waals surface area contributed by atoms with Crippen molar-refractivity contribution < 1.29 is 4.79 Å². The van der Waals surface area contributed by atoms with Crippen molar-refractivity contribution >= 4 is 23.2 Å². The number of amides is 1. The first-order valence-corrected chi connectivity index (χ1v) is 8.21. The second-order valence-electron chi connectivity index (χ2n) is 7.01. The summed E-state index contributed by atoms with van der Waals surface area (Å²) in [5.74, 6) is -0.0998. The molecule has 6 nitrogen and oxygen atoms in total. The molecule has 24 heavy (non-hydrogen) atoms. The number of anilines is 1. The molecule has 7 heteroatoms. The van der Waals surface area contributed by atoms with E-state index in [4.69, 9.17) is 11.6 Å². The summed E-state index contributed by atoms with van der Waals surface area (Å²) < 4.78 is 1.59. The molecule has 0 aliphatic carbocycles. The Morgan fingerprint density at radius 3 is 2.71 bits per heavy atom. The number of hydrogen-bond donors (Lipinski definition) is 1. The lowest BCUT2D eigenvalue weighted by atomic mass is 9.87. The lowest BCUT2D eigenvalue weighted by molar-refractivity contribution is -0.117. The molecule has 130 valence electrons. The van der Waals surface area contributed by atoms with E-state index in [1.165, 1.54) is 6.33 Å². The van der Waals surface area contributed by atoms with E-state index in [9.17, 15) is 4.79 Å². The van der Waals surface area contributed by atoms with Gasteiger partial charge in [0.1, 0.15) is 12.7 Å². The number of halogens is 1. The number of carbonyl (C=O) groups is 1. The van der Waals surface area contributed by atoms with Gasteiger partial charge in [0.25, 0.3) is 0 Å². The molecule has 0 radical (unpaired) electrons. The third-order valence-corrected chi connectivity index (χ3v) is 4.44. The Kier molecular flexibility index (Phi) is 5.62.